The van der Waals surface area contributed by atoms with Crippen LogP contribution in [0.2, 0.25) is 5.02 Å². The second kappa shape index (κ2) is 7.13. The number of hydrogen-bond donors (Lipinski definition) is 0. The highest BCUT2D eigenvalue weighted by atomic mass is 35.5. The van der Waals surface area contributed by atoms with Crippen molar-refractivity contribution in [3.8, 4) is 5.75 Å². The number of nitrogens with zero attached hydrogens (tertiary/aromatic N) is 1. The van der Waals surface area contributed by atoms with Crippen LogP contribution in [0.1, 0.15) is 21.5 Å². The van der Waals surface area contributed by atoms with Crippen LogP contribution in [0, 0.1) is 0 Å². The Hall–Kier alpha value is -2.21. The average Bonchev–Trinajstić information content (AvgIpc) is 2.53. The van der Waals surface area contributed by atoms with E-state index in [0.717, 1.165) is 12.1 Å². The van der Waals surface area contributed by atoms with Crippen LogP contribution in [-0.2, 0) is 12.7 Å². The first-order valence-electron chi connectivity index (χ1n) is 6.98. The van der Waals surface area contributed by atoms with Gasteiger partial charge in [0.15, 0.2) is 0 Å². The van der Waals surface area contributed by atoms with Gasteiger partial charge in [0.1, 0.15) is 5.75 Å². The van der Waals surface area contributed by atoms with Crippen LogP contribution in [0.15, 0.2) is 42.5 Å². The third kappa shape index (κ3) is 4.00. The summed E-state index contributed by atoms with van der Waals surface area (Å²) in [4.78, 5) is 13.6. The maximum absolute atomic E-state index is 13.1. The Kier molecular flexibility index (Phi) is 5.39. The van der Waals surface area contributed by atoms with Gasteiger partial charge in [-0.15, -0.1) is 0 Å². The normalized spacial score (nSPS) is 11.2. The molecule has 0 saturated carbocycles. The molecule has 0 atom stereocenters. The number of carbonyl (C=O) groups excluding carboxylic acids is 1. The summed E-state index contributed by atoms with van der Waals surface area (Å²) in [6.45, 7) is 0.0642. The standard InChI is InChI=1S/C17H15ClF3NO2/c1-22(10-11-9-12(18)7-8-15(11)24-2)16(23)13-5-3-4-6-14(13)17(19,20)21/h3-9H,10H2,1-2H3. The van der Waals surface area contributed by atoms with Crippen LogP contribution in [0.5, 0.6) is 5.75 Å². The van der Waals surface area contributed by atoms with E-state index in [-0.39, 0.29) is 6.54 Å². The van der Waals surface area contributed by atoms with E-state index in [1.807, 2.05) is 0 Å². The first-order valence-corrected chi connectivity index (χ1v) is 7.36. The van der Waals surface area contributed by atoms with Crippen molar-refractivity contribution in [1.82, 2.24) is 4.90 Å². The fraction of sp³-hybridized carbons (Fsp3) is 0.235. The third-order valence-electron chi connectivity index (χ3n) is 3.46. The van der Waals surface area contributed by atoms with Gasteiger partial charge in [0.2, 0.25) is 0 Å². The van der Waals surface area contributed by atoms with Gasteiger partial charge in [0, 0.05) is 24.2 Å². The summed E-state index contributed by atoms with van der Waals surface area (Å²) in [6.07, 6.45) is -4.60. The lowest BCUT2D eigenvalue weighted by molar-refractivity contribution is -0.138. The second-order valence-electron chi connectivity index (χ2n) is 5.16. The molecule has 0 unspecified atom stereocenters. The highest BCUT2D eigenvalue weighted by molar-refractivity contribution is 6.30. The second-order valence-corrected chi connectivity index (χ2v) is 5.60. The Labute approximate surface area is 142 Å². The molecule has 0 aromatic heterocycles. The van der Waals surface area contributed by atoms with Gasteiger partial charge in [-0.1, -0.05) is 23.7 Å². The van der Waals surface area contributed by atoms with Gasteiger partial charge in [-0.3, -0.25) is 4.79 Å². The first kappa shape index (κ1) is 18.1. The zero-order valence-electron chi connectivity index (χ0n) is 13.0. The summed E-state index contributed by atoms with van der Waals surface area (Å²) in [7, 11) is 2.89. The molecule has 2 rings (SSSR count). The van der Waals surface area contributed by atoms with Gasteiger partial charge < -0.3 is 9.64 Å². The molecule has 0 N–H and O–H groups in total. The van der Waals surface area contributed by atoms with Crippen molar-refractivity contribution in [1.29, 1.82) is 0 Å². The molecule has 0 fully saturated rings. The van der Waals surface area contributed by atoms with Crippen LogP contribution in [0.25, 0.3) is 0 Å². The summed E-state index contributed by atoms with van der Waals surface area (Å²) >= 11 is 5.93. The molecule has 3 nitrogen and oxygen atoms in total. The van der Waals surface area contributed by atoms with E-state index in [0.29, 0.717) is 16.3 Å². The van der Waals surface area contributed by atoms with Crippen LogP contribution in [0.3, 0.4) is 0 Å². The van der Waals surface area contributed by atoms with Crippen LogP contribution < -0.4 is 4.74 Å². The minimum Gasteiger partial charge on any atom is -0.496 e. The van der Waals surface area contributed by atoms with E-state index in [1.165, 1.54) is 31.2 Å². The van der Waals surface area contributed by atoms with Crippen molar-refractivity contribution >= 4 is 17.5 Å². The van der Waals surface area contributed by atoms with Gasteiger partial charge in [-0.05, 0) is 30.3 Å². The maximum atomic E-state index is 13.1. The summed E-state index contributed by atoms with van der Waals surface area (Å²) in [5, 5.41) is 0.447. The number of methoxy groups -OCH3 is 1. The van der Waals surface area contributed by atoms with Crippen molar-refractivity contribution in [3.05, 3.63) is 64.2 Å². The summed E-state index contributed by atoms with van der Waals surface area (Å²) in [5.74, 6) is -0.229. The lowest BCUT2D eigenvalue weighted by Gasteiger charge is -2.21. The molecule has 24 heavy (non-hydrogen) atoms. The number of hydrogen-bond acceptors (Lipinski definition) is 2. The Balaban J connectivity index is 2.30. The van der Waals surface area contributed by atoms with E-state index in [1.54, 1.807) is 18.2 Å². The minimum atomic E-state index is -4.60. The van der Waals surface area contributed by atoms with Crippen molar-refractivity contribution in [3.63, 3.8) is 0 Å². The summed E-state index contributed by atoms with van der Waals surface area (Å²) < 4.78 is 44.4. The number of alkyl halides is 3. The zero-order valence-corrected chi connectivity index (χ0v) is 13.8. The van der Waals surface area contributed by atoms with Gasteiger partial charge in [0.05, 0.1) is 18.2 Å². The molecule has 0 aliphatic rings. The van der Waals surface area contributed by atoms with Gasteiger partial charge in [-0.25, -0.2) is 0 Å². The molecule has 1 amide bonds. The number of ether oxygens (including phenoxy) is 1. The van der Waals surface area contributed by atoms with Gasteiger partial charge >= 0.3 is 6.18 Å². The van der Waals surface area contributed by atoms with E-state index < -0.39 is 23.2 Å². The molecule has 0 aliphatic heterocycles. The fourth-order valence-corrected chi connectivity index (χ4v) is 2.52. The Morgan fingerprint density at radius 3 is 2.50 bits per heavy atom. The smallest absolute Gasteiger partial charge is 0.417 e. The topological polar surface area (TPSA) is 29.5 Å². The Morgan fingerprint density at radius 2 is 1.88 bits per heavy atom. The molecule has 2 aromatic carbocycles. The molecule has 0 aliphatic carbocycles. The molecular weight excluding hydrogens is 343 g/mol. The molecule has 7 heteroatoms. The molecule has 0 radical (unpaired) electrons. The van der Waals surface area contributed by atoms with Crippen LogP contribution in [-0.4, -0.2) is 25.0 Å². The maximum Gasteiger partial charge on any atom is 0.417 e. The van der Waals surface area contributed by atoms with Crippen LogP contribution >= 0.6 is 11.6 Å². The fourth-order valence-electron chi connectivity index (χ4n) is 2.32. The third-order valence-corrected chi connectivity index (χ3v) is 3.69. The molecule has 128 valence electrons. The van der Waals surface area contributed by atoms with E-state index in [9.17, 15) is 18.0 Å². The van der Waals surface area contributed by atoms with E-state index in [4.69, 9.17) is 16.3 Å². The number of amides is 1. The lowest BCUT2D eigenvalue weighted by Crippen LogP contribution is -2.28. The van der Waals surface area contributed by atoms with Crippen molar-refractivity contribution in [2.45, 2.75) is 12.7 Å². The highest BCUT2D eigenvalue weighted by Crippen LogP contribution is 2.32. The summed E-state index contributed by atoms with van der Waals surface area (Å²) in [6, 6.07) is 9.58. The Morgan fingerprint density at radius 1 is 1.21 bits per heavy atom. The van der Waals surface area contributed by atoms with Crippen molar-refractivity contribution in [2.24, 2.45) is 0 Å². The number of halogens is 4. The largest absolute Gasteiger partial charge is 0.496 e. The molecule has 2 aromatic rings. The van der Waals surface area contributed by atoms with Crippen LogP contribution in [0.4, 0.5) is 13.2 Å². The molecule has 0 bridgehead atoms. The van der Waals surface area contributed by atoms with E-state index >= 15 is 0 Å². The number of benzene rings is 2. The lowest BCUT2D eigenvalue weighted by atomic mass is 10.1. The zero-order chi connectivity index (χ0) is 17.9. The monoisotopic (exact) mass is 357 g/mol. The van der Waals surface area contributed by atoms with E-state index in [2.05, 4.69) is 0 Å². The predicted molar refractivity (Wildman–Crippen MR) is 85.2 cm³/mol. The quantitative estimate of drug-likeness (QED) is 0.797. The van der Waals surface area contributed by atoms with Gasteiger partial charge in [-0.2, -0.15) is 13.2 Å². The summed E-state index contributed by atoms with van der Waals surface area (Å²) in [5.41, 5.74) is -0.751. The van der Waals surface area contributed by atoms with Crippen molar-refractivity contribution < 1.29 is 22.7 Å². The average molecular weight is 358 g/mol. The number of rotatable bonds is 4. The van der Waals surface area contributed by atoms with Gasteiger partial charge in [0.25, 0.3) is 5.91 Å². The molecule has 0 heterocycles. The molecule has 0 saturated heterocycles. The first-order chi connectivity index (χ1) is 11.2. The predicted octanol–water partition coefficient (Wildman–Crippen LogP) is 4.64. The molecular formula is C17H15ClF3NO2. The highest BCUT2D eigenvalue weighted by Gasteiger charge is 2.35. The number of carbonyl (C=O) groups is 1. The molecule has 0 spiro atoms. The van der Waals surface area contributed by atoms with Crippen molar-refractivity contribution in [2.75, 3.05) is 14.2 Å². The minimum absolute atomic E-state index is 0.0642. The Bertz CT molecular complexity index is 747. The SMILES string of the molecule is COc1ccc(Cl)cc1CN(C)C(=O)c1ccccc1C(F)(F)F.